The van der Waals surface area contributed by atoms with Crippen molar-refractivity contribution in [1.29, 1.82) is 0 Å². The smallest absolute Gasteiger partial charge is 0.337 e. The molecule has 0 N–H and O–H groups in total. The average molecular weight is 354 g/mol. The van der Waals surface area contributed by atoms with Gasteiger partial charge in [0, 0.05) is 30.9 Å². The molecule has 0 spiro atoms. The van der Waals surface area contributed by atoms with Gasteiger partial charge in [-0.15, -0.1) is 0 Å². The Morgan fingerprint density at radius 2 is 1.92 bits per heavy atom. The normalized spacial score (nSPS) is 11.0. The highest BCUT2D eigenvalue weighted by Gasteiger charge is 2.18. The van der Waals surface area contributed by atoms with E-state index in [-0.39, 0.29) is 6.04 Å². The van der Waals surface area contributed by atoms with Crippen LogP contribution in [0, 0.1) is 5.95 Å². The van der Waals surface area contributed by atoms with Crippen LogP contribution in [0.4, 0.5) is 10.2 Å². The van der Waals surface area contributed by atoms with E-state index in [0.717, 1.165) is 0 Å². The fourth-order valence-corrected chi connectivity index (χ4v) is 2.52. The van der Waals surface area contributed by atoms with Gasteiger partial charge in [-0.2, -0.15) is 4.39 Å². The molecule has 3 rings (SSSR count). The van der Waals surface area contributed by atoms with E-state index in [2.05, 4.69) is 9.97 Å². The number of nitrogens with zero attached hydrogens (tertiary/aromatic N) is 4. The quantitative estimate of drug-likeness (QED) is 0.528. The maximum absolute atomic E-state index is 13.6. The first-order chi connectivity index (χ1) is 12.4. The topological polar surface area (TPSA) is 68.2 Å². The number of carbonyl (C=O) groups is 1. The average Bonchev–Trinajstić information content (AvgIpc) is 2.65. The Morgan fingerprint density at radius 3 is 2.58 bits per heavy atom. The summed E-state index contributed by atoms with van der Waals surface area (Å²) in [6, 6.07) is 8.15. The van der Waals surface area contributed by atoms with Crippen LogP contribution in [0.5, 0.6) is 0 Å². The second kappa shape index (κ2) is 7.03. The zero-order chi connectivity index (χ0) is 18.8. The van der Waals surface area contributed by atoms with Crippen LogP contribution in [-0.2, 0) is 4.74 Å². The number of fused-ring (bicyclic) bond motifs is 1. The van der Waals surface area contributed by atoms with Gasteiger partial charge in [-0.05, 0) is 38.1 Å². The summed E-state index contributed by atoms with van der Waals surface area (Å²) >= 11 is 0. The summed E-state index contributed by atoms with van der Waals surface area (Å²) in [6.07, 6.45) is 1.40. The van der Waals surface area contributed by atoms with Gasteiger partial charge in [0.25, 0.3) is 0 Å². The third-order valence-electron chi connectivity index (χ3n) is 4.18. The number of anilines is 1. The van der Waals surface area contributed by atoms with E-state index in [0.29, 0.717) is 33.7 Å². The largest absolute Gasteiger partial charge is 0.465 e. The monoisotopic (exact) mass is 354 g/mol. The van der Waals surface area contributed by atoms with Gasteiger partial charge in [0.15, 0.2) is 5.82 Å². The van der Waals surface area contributed by atoms with E-state index in [9.17, 15) is 9.18 Å². The Labute approximate surface area is 150 Å². The number of benzene rings is 1. The maximum Gasteiger partial charge on any atom is 0.337 e. The van der Waals surface area contributed by atoms with Gasteiger partial charge in [-0.25, -0.2) is 19.7 Å². The lowest BCUT2D eigenvalue weighted by Crippen LogP contribution is -2.27. The van der Waals surface area contributed by atoms with Gasteiger partial charge >= 0.3 is 5.97 Å². The molecule has 134 valence electrons. The number of halogens is 1. The SMILES string of the molecule is COC(=O)c1ccc2nc(-c3ccnc(F)c3)c(N(C)C(C)C)nc2c1. The lowest BCUT2D eigenvalue weighted by molar-refractivity contribution is 0.0601. The molecule has 1 aromatic carbocycles. The van der Waals surface area contributed by atoms with Crippen molar-refractivity contribution in [2.45, 2.75) is 19.9 Å². The van der Waals surface area contributed by atoms with Crippen LogP contribution in [0.15, 0.2) is 36.5 Å². The van der Waals surface area contributed by atoms with E-state index in [1.165, 1.54) is 19.4 Å². The minimum Gasteiger partial charge on any atom is -0.465 e. The van der Waals surface area contributed by atoms with Gasteiger partial charge in [0.1, 0.15) is 5.69 Å². The summed E-state index contributed by atoms with van der Waals surface area (Å²) in [7, 11) is 3.23. The highest BCUT2D eigenvalue weighted by Crippen LogP contribution is 2.30. The molecule has 2 aromatic heterocycles. The van der Waals surface area contributed by atoms with Gasteiger partial charge in [-0.3, -0.25) is 0 Å². The Kier molecular flexibility index (Phi) is 4.79. The first-order valence-corrected chi connectivity index (χ1v) is 8.15. The number of esters is 1. The van der Waals surface area contributed by atoms with Crippen LogP contribution >= 0.6 is 0 Å². The molecule has 6 nitrogen and oxygen atoms in total. The van der Waals surface area contributed by atoms with Crippen molar-refractivity contribution in [3.63, 3.8) is 0 Å². The maximum atomic E-state index is 13.6. The highest BCUT2D eigenvalue weighted by molar-refractivity contribution is 5.94. The Hall–Kier alpha value is -3.09. The summed E-state index contributed by atoms with van der Waals surface area (Å²) in [5.74, 6) is -0.420. The molecular weight excluding hydrogens is 335 g/mol. The van der Waals surface area contributed by atoms with Gasteiger partial charge in [-0.1, -0.05) is 0 Å². The van der Waals surface area contributed by atoms with Crippen LogP contribution in [0.2, 0.25) is 0 Å². The van der Waals surface area contributed by atoms with E-state index >= 15 is 0 Å². The molecule has 3 aromatic rings. The Bertz CT molecular complexity index is 975. The summed E-state index contributed by atoms with van der Waals surface area (Å²) in [5.41, 5.74) is 2.71. The van der Waals surface area contributed by atoms with Crippen LogP contribution in [0.25, 0.3) is 22.3 Å². The van der Waals surface area contributed by atoms with Crippen molar-refractivity contribution >= 4 is 22.8 Å². The molecule has 0 radical (unpaired) electrons. The standard InChI is InChI=1S/C19H19FN4O2/c1-11(2)24(3)18-17(12-7-8-21-16(20)10-12)22-14-6-5-13(19(25)26-4)9-15(14)23-18/h5-11H,1-4H3. The van der Waals surface area contributed by atoms with Crippen molar-refractivity contribution in [2.24, 2.45) is 0 Å². The summed E-state index contributed by atoms with van der Waals surface area (Å²) in [6.45, 7) is 4.04. The summed E-state index contributed by atoms with van der Waals surface area (Å²) in [5, 5.41) is 0. The van der Waals surface area contributed by atoms with Crippen molar-refractivity contribution in [2.75, 3.05) is 19.1 Å². The molecule has 0 bridgehead atoms. The fraction of sp³-hybridized carbons (Fsp3) is 0.263. The highest BCUT2D eigenvalue weighted by atomic mass is 19.1. The number of pyridine rings is 1. The number of hydrogen-bond acceptors (Lipinski definition) is 6. The predicted molar refractivity (Wildman–Crippen MR) is 97.6 cm³/mol. The number of aromatic nitrogens is 3. The number of ether oxygens (including phenoxy) is 1. The van der Waals surface area contributed by atoms with E-state index in [1.807, 2.05) is 25.8 Å². The van der Waals surface area contributed by atoms with E-state index < -0.39 is 11.9 Å². The van der Waals surface area contributed by atoms with Crippen LogP contribution in [-0.4, -0.2) is 41.1 Å². The van der Waals surface area contributed by atoms with Crippen molar-refractivity contribution in [1.82, 2.24) is 15.0 Å². The molecule has 0 aliphatic rings. The second-order valence-electron chi connectivity index (χ2n) is 6.16. The third kappa shape index (κ3) is 3.33. The molecular formula is C19H19FN4O2. The van der Waals surface area contributed by atoms with Crippen LogP contribution in [0.1, 0.15) is 24.2 Å². The molecule has 0 aliphatic carbocycles. The summed E-state index contributed by atoms with van der Waals surface area (Å²) < 4.78 is 18.4. The van der Waals surface area contributed by atoms with Crippen molar-refractivity contribution in [3.05, 3.63) is 48.0 Å². The second-order valence-corrected chi connectivity index (χ2v) is 6.16. The molecule has 0 aliphatic heterocycles. The van der Waals surface area contributed by atoms with E-state index in [4.69, 9.17) is 9.72 Å². The Morgan fingerprint density at radius 1 is 1.15 bits per heavy atom. The van der Waals surface area contributed by atoms with Crippen molar-refractivity contribution < 1.29 is 13.9 Å². The molecule has 0 unspecified atom stereocenters. The van der Waals surface area contributed by atoms with Crippen LogP contribution in [0.3, 0.4) is 0 Å². The van der Waals surface area contributed by atoms with Gasteiger partial charge < -0.3 is 9.64 Å². The van der Waals surface area contributed by atoms with Gasteiger partial charge in [0.05, 0.1) is 23.7 Å². The third-order valence-corrected chi connectivity index (χ3v) is 4.18. The first kappa shape index (κ1) is 17.7. The number of rotatable bonds is 4. The zero-order valence-corrected chi connectivity index (χ0v) is 15.0. The first-order valence-electron chi connectivity index (χ1n) is 8.15. The summed E-state index contributed by atoms with van der Waals surface area (Å²) in [4.78, 5) is 26.7. The molecule has 7 heteroatoms. The molecule has 0 amide bonds. The molecule has 26 heavy (non-hydrogen) atoms. The zero-order valence-electron chi connectivity index (χ0n) is 15.0. The predicted octanol–water partition coefficient (Wildman–Crippen LogP) is 3.46. The molecule has 0 atom stereocenters. The fourth-order valence-electron chi connectivity index (χ4n) is 2.52. The molecule has 0 saturated carbocycles. The molecule has 0 fully saturated rings. The van der Waals surface area contributed by atoms with Gasteiger partial charge in [0.2, 0.25) is 5.95 Å². The number of hydrogen-bond donors (Lipinski definition) is 0. The lowest BCUT2D eigenvalue weighted by atomic mass is 10.1. The minimum absolute atomic E-state index is 0.149. The minimum atomic E-state index is -0.580. The van der Waals surface area contributed by atoms with Crippen LogP contribution < -0.4 is 4.90 Å². The van der Waals surface area contributed by atoms with E-state index in [1.54, 1.807) is 24.3 Å². The molecule has 0 saturated heterocycles. The lowest BCUT2D eigenvalue weighted by Gasteiger charge is -2.25. The van der Waals surface area contributed by atoms with Crippen molar-refractivity contribution in [3.8, 4) is 11.3 Å². The number of carbonyl (C=O) groups excluding carboxylic acids is 1. The Balaban J connectivity index is 2.25. The molecule has 2 heterocycles. The number of methoxy groups -OCH3 is 1.